The predicted molar refractivity (Wildman–Crippen MR) is 110 cm³/mol. The topological polar surface area (TPSA) is 81.7 Å². The average Bonchev–Trinajstić information content (AvgIpc) is 3.43. The first kappa shape index (κ1) is 20.0. The molecule has 162 valence electrons. The first-order valence-corrected chi connectivity index (χ1v) is 10.0. The zero-order chi connectivity index (χ0) is 22.4. The van der Waals surface area contributed by atoms with Crippen molar-refractivity contribution < 1.29 is 13.6 Å². The Morgan fingerprint density at radius 2 is 1.91 bits per heavy atom. The van der Waals surface area contributed by atoms with Gasteiger partial charge in [0.1, 0.15) is 5.82 Å². The molecule has 1 aliphatic rings. The lowest BCUT2D eigenvalue weighted by molar-refractivity contribution is 0.0659. The maximum Gasteiger partial charge on any atom is 0.276 e. The third-order valence-electron chi connectivity index (χ3n) is 5.77. The Bertz CT molecular complexity index is 1320. The van der Waals surface area contributed by atoms with E-state index in [0.29, 0.717) is 12.6 Å². The smallest absolute Gasteiger partial charge is 0.276 e. The second kappa shape index (κ2) is 7.63. The van der Waals surface area contributed by atoms with Crippen molar-refractivity contribution in [3.63, 3.8) is 0 Å². The normalized spacial score (nSPS) is 17.9. The standard InChI is InChI=1S/C22H19F2N7O/c1-13-16-5-3-4-6-17(16)18(14-8-26-29(2)10-14)11-30(13)22(32)20-12-31(28-27-20)21-19(24)7-15(23)9-25-21/h3-10,12-13,18H,11H2,1-2H3/t13-,18+/m1/s1. The summed E-state index contributed by atoms with van der Waals surface area (Å²) >= 11 is 0. The van der Waals surface area contributed by atoms with Gasteiger partial charge in [0.2, 0.25) is 0 Å². The molecule has 1 aromatic carbocycles. The van der Waals surface area contributed by atoms with Gasteiger partial charge in [0.25, 0.3) is 5.91 Å². The van der Waals surface area contributed by atoms with Crippen LogP contribution in [0.15, 0.2) is 55.1 Å². The lowest BCUT2D eigenvalue weighted by Gasteiger charge is -2.39. The molecule has 10 heteroatoms. The number of nitrogens with zero attached hydrogens (tertiary/aromatic N) is 7. The highest BCUT2D eigenvalue weighted by atomic mass is 19.1. The summed E-state index contributed by atoms with van der Waals surface area (Å²) in [7, 11) is 1.85. The highest BCUT2D eigenvalue weighted by Gasteiger charge is 2.36. The average molecular weight is 435 g/mol. The molecule has 0 aliphatic carbocycles. The number of rotatable bonds is 3. The van der Waals surface area contributed by atoms with Gasteiger partial charge in [0, 0.05) is 31.8 Å². The first-order valence-electron chi connectivity index (χ1n) is 10.0. The summed E-state index contributed by atoms with van der Waals surface area (Å²) in [6, 6.07) is 8.53. The van der Waals surface area contributed by atoms with Crippen molar-refractivity contribution in [1.29, 1.82) is 0 Å². The van der Waals surface area contributed by atoms with Crippen LogP contribution in [0.1, 0.15) is 46.1 Å². The maximum atomic E-state index is 14.1. The molecular formula is C22H19F2N7O. The Kier molecular flexibility index (Phi) is 4.76. The molecule has 0 spiro atoms. The van der Waals surface area contributed by atoms with E-state index in [1.807, 2.05) is 38.4 Å². The molecule has 32 heavy (non-hydrogen) atoms. The maximum absolute atomic E-state index is 14.1. The van der Waals surface area contributed by atoms with Crippen molar-refractivity contribution in [2.75, 3.05) is 6.54 Å². The number of carbonyl (C=O) groups is 1. The largest absolute Gasteiger partial charge is 0.329 e. The molecule has 4 aromatic rings. The minimum Gasteiger partial charge on any atom is -0.329 e. The fourth-order valence-electron chi connectivity index (χ4n) is 4.18. The number of aromatic nitrogens is 6. The summed E-state index contributed by atoms with van der Waals surface area (Å²) in [5.74, 6) is -2.32. The summed E-state index contributed by atoms with van der Waals surface area (Å²) in [4.78, 5) is 18.8. The quantitative estimate of drug-likeness (QED) is 0.494. The highest BCUT2D eigenvalue weighted by molar-refractivity contribution is 5.92. The molecule has 0 radical (unpaired) electrons. The highest BCUT2D eigenvalue weighted by Crippen LogP contribution is 2.39. The van der Waals surface area contributed by atoms with Crippen LogP contribution in [0.5, 0.6) is 0 Å². The third-order valence-corrected chi connectivity index (χ3v) is 5.77. The van der Waals surface area contributed by atoms with Gasteiger partial charge < -0.3 is 4.90 Å². The van der Waals surface area contributed by atoms with E-state index in [0.717, 1.165) is 27.6 Å². The molecule has 0 saturated heterocycles. The van der Waals surface area contributed by atoms with Crippen LogP contribution in [0, 0.1) is 11.6 Å². The lowest BCUT2D eigenvalue weighted by atomic mass is 9.82. The van der Waals surface area contributed by atoms with E-state index in [2.05, 4.69) is 26.5 Å². The molecule has 1 amide bonds. The van der Waals surface area contributed by atoms with Crippen molar-refractivity contribution in [1.82, 2.24) is 34.7 Å². The van der Waals surface area contributed by atoms with E-state index in [1.54, 1.807) is 15.8 Å². The number of benzene rings is 1. The summed E-state index contributed by atoms with van der Waals surface area (Å²) < 4.78 is 30.0. The third kappa shape index (κ3) is 3.33. The number of hydrogen-bond acceptors (Lipinski definition) is 5. The van der Waals surface area contributed by atoms with Crippen molar-refractivity contribution in [3.8, 4) is 5.82 Å². The summed E-state index contributed by atoms with van der Waals surface area (Å²) in [6.45, 7) is 2.39. The van der Waals surface area contributed by atoms with E-state index in [1.165, 1.54) is 6.20 Å². The number of hydrogen-bond donors (Lipinski definition) is 0. The van der Waals surface area contributed by atoms with E-state index in [9.17, 15) is 13.6 Å². The summed E-state index contributed by atoms with van der Waals surface area (Å²) in [6.07, 6.45) is 5.93. The molecule has 4 heterocycles. The van der Waals surface area contributed by atoms with Crippen molar-refractivity contribution in [2.45, 2.75) is 18.9 Å². The van der Waals surface area contributed by atoms with Gasteiger partial charge in [-0.25, -0.2) is 13.8 Å². The molecular weight excluding hydrogens is 416 g/mol. The monoisotopic (exact) mass is 435 g/mol. The van der Waals surface area contributed by atoms with Gasteiger partial charge in [-0.1, -0.05) is 29.5 Å². The number of carbonyl (C=O) groups excluding carboxylic acids is 1. The minimum atomic E-state index is -0.897. The summed E-state index contributed by atoms with van der Waals surface area (Å²) in [5.41, 5.74) is 3.25. The fraction of sp³-hybridized carbons (Fsp3) is 0.227. The van der Waals surface area contributed by atoms with Crippen molar-refractivity contribution in [3.05, 3.63) is 89.1 Å². The van der Waals surface area contributed by atoms with Crippen LogP contribution in [-0.2, 0) is 7.05 Å². The van der Waals surface area contributed by atoms with Crippen LogP contribution in [-0.4, -0.2) is 47.1 Å². The number of fused-ring (bicyclic) bond motifs is 1. The van der Waals surface area contributed by atoms with E-state index in [-0.39, 0.29) is 29.4 Å². The van der Waals surface area contributed by atoms with Crippen LogP contribution in [0.25, 0.3) is 5.82 Å². The Labute approximate surface area is 182 Å². The van der Waals surface area contributed by atoms with Crippen LogP contribution in [0.4, 0.5) is 8.78 Å². The van der Waals surface area contributed by atoms with E-state index in [4.69, 9.17) is 0 Å². The zero-order valence-corrected chi connectivity index (χ0v) is 17.4. The molecule has 0 N–H and O–H groups in total. The van der Waals surface area contributed by atoms with Gasteiger partial charge in [-0.2, -0.15) is 9.78 Å². The van der Waals surface area contributed by atoms with Crippen LogP contribution in [0.2, 0.25) is 0 Å². The van der Waals surface area contributed by atoms with Gasteiger partial charge in [-0.05, 0) is 23.6 Å². The van der Waals surface area contributed by atoms with Crippen LogP contribution >= 0.6 is 0 Å². The second-order valence-corrected chi connectivity index (χ2v) is 7.77. The van der Waals surface area contributed by atoms with E-state index >= 15 is 0 Å². The Morgan fingerprint density at radius 1 is 1.12 bits per heavy atom. The fourth-order valence-corrected chi connectivity index (χ4v) is 4.18. The van der Waals surface area contributed by atoms with Gasteiger partial charge in [0.05, 0.1) is 24.6 Å². The molecule has 2 atom stereocenters. The Morgan fingerprint density at radius 3 is 2.62 bits per heavy atom. The van der Waals surface area contributed by atoms with Gasteiger partial charge in [-0.15, -0.1) is 5.10 Å². The van der Waals surface area contributed by atoms with Crippen molar-refractivity contribution >= 4 is 5.91 Å². The number of halogens is 2. The Balaban J connectivity index is 1.49. The van der Waals surface area contributed by atoms with E-state index < -0.39 is 11.6 Å². The Hall–Kier alpha value is -3.95. The molecule has 5 rings (SSSR count). The van der Waals surface area contributed by atoms with Gasteiger partial charge >= 0.3 is 0 Å². The molecule has 0 fully saturated rings. The number of aryl methyl sites for hydroxylation is 1. The van der Waals surface area contributed by atoms with Gasteiger partial charge in [-0.3, -0.25) is 9.48 Å². The molecule has 0 unspecified atom stereocenters. The molecule has 8 nitrogen and oxygen atoms in total. The number of amides is 1. The lowest BCUT2D eigenvalue weighted by Crippen LogP contribution is -2.41. The molecule has 0 bridgehead atoms. The number of pyridine rings is 1. The van der Waals surface area contributed by atoms with Crippen LogP contribution < -0.4 is 0 Å². The summed E-state index contributed by atoms with van der Waals surface area (Å²) in [5, 5.41) is 12.0. The van der Waals surface area contributed by atoms with Gasteiger partial charge in [0.15, 0.2) is 17.3 Å². The zero-order valence-electron chi connectivity index (χ0n) is 17.4. The van der Waals surface area contributed by atoms with Crippen LogP contribution in [0.3, 0.4) is 0 Å². The predicted octanol–water partition coefficient (Wildman–Crippen LogP) is 3.02. The molecule has 3 aromatic heterocycles. The minimum absolute atomic E-state index is 0.0479. The molecule has 1 aliphatic heterocycles. The molecule has 0 saturated carbocycles. The SMILES string of the molecule is C[C@@H]1c2ccccc2[C@H](c2cnn(C)c2)CN1C(=O)c1cn(-c2ncc(F)cc2F)nn1. The first-order chi connectivity index (χ1) is 15.4. The van der Waals surface area contributed by atoms with Crippen molar-refractivity contribution in [2.24, 2.45) is 7.05 Å². The second-order valence-electron chi connectivity index (χ2n) is 7.77.